The summed E-state index contributed by atoms with van der Waals surface area (Å²) in [6.07, 6.45) is 6.61. The highest BCUT2D eigenvalue weighted by Crippen LogP contribution is 2.25. The quantitative estimate of drug-likeness (QED) is 0.441. The van der Waals surface area contributed by atoms with Gasteiger partial charge in [-0.1, -0.05) is 23.4 Å². The minimum atomic E-state index is -0.857. The Kier molecular flexibility index (Phi) is 6.31. The SMILES string of the molecule is Cc1c(CC(=O)O)cccc1OCCO/N=C1\CCCc2cc(-n3cccn3)ccc21. The molecule has 7 nitrogen and oxygen atoms in total. The third kappa shape index (κ3) is 4.94. The van der Waals surface area contributed by atoms with Crippen molar-refractivity contribution in [2.45, 2.75) is 32.6 Å². The highest BCUT2D eigenvalue weighted by Gasteiger charge is 2.17. The van der Waals surface area contributed by atoms with Crippen molar-refractivity contribution in [1.82, 2.24) is 9.78 Å². The van der Waals surface area contributed by atoms with E-state index in [2.05, 4.69) is 22.4 Å². The molecule has 0 saturated heterocycles. The molecule has 0 radical (unpaired) electrons. The van der Waals surface area contributed by atoms with E-state index >= 15 is 0 Å². The molecular weight excluding hydrogens is 394 g/mol. The zero-order valence-electron chi connectivity index (χ0n) is 17.5. The van der Waals surface area contributed by atoms with E-state index in [4.69, 9.17) is 14.7 Å². The number of oxime groups is 1. The number of aromatic nitrogens is 2. The third-order valence-electron chi connectivity index (χ3n) is 5.37. The predicted octanol–water partition coefficient (Wildman–Crippen LogP) is 3.94. The Morgan fingerprint density at radius 1 is 1.19 bits per heavy atom. The highest BCUT2D eigenvalue weighted by molar-refractivity contribution is 6.02. The summed E-state index contributed by atoms with van der Waals surface area (Å²) in [4.78, 5) is 16.5. The van der Waals surface area contributed by atoms with Crippen LogP contribution < -0.4 is 4.74 Å². The lowest BCUT2D eigenvalue weighted by atomic mass is 9.90. The first-order valence-corrected chi connectivity index (χ1v) is 10.4. The van der Waals surface area contributed by atoms with E-state index in [0.717, 1.165) is 47.4 Å². The van der Waals surface area contributed by atoms with Gasteiger partial charge < -0.3 is 14.7 Å². The lowest BCUT2D eigenvalue weighted by Crippen LogP contribution is -2.14. The molecule has 1 N–H and O–H groups in total. The predicted molar refractivity (Wildman–Crippen MR) is 117 cm³/mol. The Balaban J connectivity index is 1.35. The summed E-state index contributed by atoms with van der Waals surface area (Å²) in [5.41, 5.74) is 5.96. The van der Waals surface area contributed by atoms with E-state index < -0.39 is 5.97 Å². The van der Waals surface area contributed by atoms with Crippen LogP contribution in [0.15, 0.2) is 60.0 Å². The number of carboxylic acid groups (broad SMARTS) is 1. The second-order valence-corrected chi connectivity index (χ2v) is 7.48. The van der Waals surface area contributed by atoms with E-state index in [-0.39, 0.29) is 6.42 Å². The Morgan fingerprint density at radius 3 is 2.90 bits per heavy atom. The van der Waals surface area contributed by atoms with Crippen LogP contribution in [-0.4, -0.2) is 39.8 Å². The van der Waals surface area contributed by atoms with Crippen LogP contribution in [0.2, 0.25) is 0 Å². The molecule has 0 atom stereocenters. The average molecular weight is 419 g/mol. The van der Waals surface area contributed by atoms with Crippen LogP contribution in [0.3, 0.4) is 0 Å². The Bertz CT molecular complexity index is 1090. The van der Waals surface area contributed by atoms with Gasteiger partial charge in [-0.3, -0.25) is 4.79 Å². The molecule has 2 aromatic carbocycles. The molecular formula is C24H25N3O4. The van der Waals surface area contributed by atoms with Gasteiger partial charge in [0.05, 0.1) is 17.8 Å². The van der Waals surface area contributed by atoms with Gasteiger partial charge in [0.25, 0.3) is 0 Å². The molecule has 0 aliphatic heterocycles. The maximum atomic E-state index is 11.0. The van der Waals surface area contributed by atoms with E-state index in [9.17, 15) is 4.79 Å². The van der Waals surface area contributed by atoms with Crippen molar-refractivity contribution in [3.63, 3.8) is 0 Å². The Morgan fingerprint density at radius 2 is 2.10 bits per heavy atom. The van der Waals surface area contributed by atoms with Gasteiger partial charge in [-0.2, -0.15) is 5.10 Å². The third-order valence-corrected chi connectivity index (χ3v) is 5.37. The van der Waals surface area contributed by atoms with Crippen LogP contribution in [0.4, 0.5) is 0 Å². The number of aryl methyl sites for hydroxylation is 1. The number of carboxylic acids is 1. The van der Waals surface area contributed by atoms with Crippen LogP contribution in [0.1, 0.15) is 35.1 Å². The Hall–Kier alpha value is -3.61. The summed E-state index contributed by atoms with van der Waals surface area (Å²) in [5, 5.41) is 17.7. The first-order valence-electron chi connectivity index (χ1n) is 10.4. The van der Waals surface area contributed by atoms with Gasteiger partial charge in [-0.05, 0) is 67.1 Å². The fraction of sp³-hybridized carbons (Fsp3) is 0.292. The number of aliphatic carboxylic acids is 1. The molecule has 7 heteroatoms. The largest absolute Gasteiger partial charge is 0.490 e. The molecule has 0 bridgehead atoms. The Labute approximate surface area is 180 Å². The molecule has 3 aromatic rings. The van der Waals surface area contributed by atoms with Crippen molar-refractivity contribution in [1.29, 1.82) is 0 Å². The molecule has 0 unspecified atom stereocenters. The first-order chi connectivity index (χ1) is 15.1. The van der Waals surface area contributed by atoms with Crippen LogP contribution in [0.5, 0.6) is 5.75 Å². The van der Waals surface area contributed by atoms with Gasteiger partial charge in [0.15, 0.2) is 6.61 Å². The van der Waals surface area contributed by atoms with Crippen LogP contribution in [0, 0.1) is 6.92 Å². The van der Waals surface area contributed by atoms with Gasteiger partial charge in [-0.15, -0.1) is 0 Å². The summed E-state index contributed by atoms with van der Waals surface area (Å²) in [7, 11) is 0. The number of hydrogen-bond donors (Lipinski definition) is 1. The minimum Gasteiger partial charge on any atom is -0.490 e. The maximum Gasteiger partial charge on any atom is 0.307 e. The molecule has 1 aliphatic carbocycles. The molecule has 0 spiro atoms. The van der Waals surface area contributed by atoms with Gasteiger partial charge in [-0.25, -0.2) is 4.68 Å². The molecule has 4 rings (SSSR count). The minimum absolute atomic E-state index is 0.0191. The van der Waals surface area contributed by atoms with Crippen molar-refractivity contribution in [3.8, 4) is 11.4 Å². The fourth-order valence-corrected chi connectivity index (χ4v) is 3.79. The summed E-state index contributed by atoms with van der Waals surface area (Å²) < 4.78 is 7.63. The van der Waals surface area contributed by atoms with Crippen molar-refractivity contribution >= 4 is 11.7 Å². The molecule has 0 saturated carbocycles. The summed E-state index contributed by atoms with van der Waals surface area (Å²) in [5.74, 6) is -0.187. The zero-order chi connectivity index (χ0) is 21.6. The monoisotopic (exact) mass is 419 g/mol. The van der Waals surface area contributed by atoms with Crippen LogP contribution in [0.25, 0.3) is 5.69 Å². The lowest BCUT2D eigenvalue weighted by Gasteiger charge is -2.18. The standard InChI is InChI=1S/C24H25N3O4/c1-17-18(16-24(28)29)5-3-8-23(17)30-13-14-31-26-22-7-2-6-19-15-20(9-10-21(19)22)27-12-4-11-25-27/h3-5,8-12,15H,2,6-7,13-14,16H2,1H3,(H,28,29)/b26-22+. The topological polar surface area (TPSA) is 85.9 Å². The lowest BCUT2D eigenvalue weighted by molar-refractivity contribution is -0.136. The van der Waals surface area contributed by atoms with E-state index in [1.165, 1.54) is 5.56 Å². The first kappa shape index (κ1) is 20.7. The van der Waals surface area contributed by atoms with E-state index in [0.29, 0.717) is 19.0 Å². The maximum absolute atomic E-state index is 11.0. The number of carbonyl (C=O) groups is 1. The highest BCUT2D eigenvalue weighted by atomic mass is 16.6. The van der Waals surface area contributed by atoms with Crippen molar-refractivity contribution in [2.75, 3.05) is 13.2 Å². The van der Waals surface area contributed by atoms with Crippen molar-refractivity contribution in [3.05, 3.63) is 77.1 Å². The zero-order valence-corrected chi connectivity index (χ0v) is 17.5. The summed E-state index contributed by atoms with van der Waals surface area (Å²) >= 11 is 0. The van der Waals surface area contributed by atoms with Crippen molar-refractivity contribution < 1.29 is 19.5 Å². The van der Waals surface area contributed by atoms with Gasteiger partial charge >= 0.3 is 5.97 Å². The molecule has 0 amide bonds. The summed E-state index contributed by atoms with van der Waals surface area (Å²) in [6.45, 7) is 2.51. The van der Waals surface area contributed by atoms with E-state index in [1.807, 2.05) is 36.0 Å². The fourth-order valence-electron chi connectivity index (χ4n) is 3.79. The number of benzene rings is 2. The van der Waals surface area contributed by atoms with Gasteiger partial charge in [0.2, 0.25) is 0 Å². The smallest absolute Gasteiger partial charge is 0.307 e. The van der Waals surface area contributed by atoms with Gasteiger partial charge in [0.1, 0.15) is 12.4 Å². The van der Waals surface area contributed by atoms with Crippen LogP contribution in [-0.2, 0) is 22.5 Å². The number of hydrogen-bond acceptors (Lipinski definition) is 5. The molecule has 1 heterocycles. The van der Waals surface area contributed by atoms with Crippen LogP contribution >= 0.6 is 0 Å². The molecule has 160 valence electrons. The van der Waals surface area contributed by atoms with E-state index in [1.54, 1.807) is 18.3 Å². The molecule has 31 heavy (non-hydrogen) atoms. The number of ether oxygens (including phenoxy) is 1. The number of fused-ring (bicyclic) bond motifs is 1. The van der Waals surface area contributed by atoms with Crippen molar-refractivity contribution in [2.24, 2.45) is 5.16 Å². The normalized spacial score (nSPS) is 14.3. The number of nitrogens with zero attached hydrogens (tertiary/aromatic N) is 3. The second kappa shape index (κ2) is 9.47. The molecule has 1 aromatic heterocycles. The summed E-state index contributed by atoms with van der Waals surface area (Å²) in [6, 6.07) is 13.6. The van der Waals surface area contributed by atoms with Gasteiger partial charge in [0, 0.05) is 18.0 Å². The molecule has 0 fully saturated rings. The number of rotatable bonds is 8. The average Bonchev–Trinajstić information content (AvgIpc) is 3.30. The molecule has 1 aliphatic rings. The second-order valence-electron chi connectivity index (χ2n) is 7.48.